The number of furan rings is 2. The number of hydrogen-bond acceptors (Lipinski definition) is 3. The van der Waals surface area contributed by atoms with Crippen molar-refractivity contribution in [2.75, 3.05) is 4.90 Å². The predicted molar refractivity (Wildman–Crippen MR) is 324 cm³/mol. The fourth-order valence-electron chi connectivity index (χ4n) is 10.8. The molecule has 14 rings (SSSR count). The van der Waals surface area contributed by atoms with E-state index in [-0.39, 0.29) is 17.0 Å². The highest BCUT2D eigenvalue weighted by Gasteiger charge is 2.38. The molecule has 2 aromatic heterocycles. The molecule has 5 heteroatoms. The highest BCUT2D eigenvalue weighted by atomic mass is 19.1. The number of hydrogen-bond donors (Lipinski definition) is 0. The maximum atomic E-state index is 16.8. The van der Waals surface area contributed by atoms with Gasteiger partial charge in [-0.2, -0.15) is 0 Å². The lowest BCUT2D eigenvalue weighted by molar-refractivity contribution is 0.619. The normalized spacial score (nSPS) is 12.1. The van der Waals surface area contributed by atoms with Gasteiger partial charge in [0.05, 0.1) is 22.4 Å². The Kier molecular flexibility index (Phi) is 14.1. The first-order chi connectivity index (χ1) is 37.8. The lowest BCUT2D eigenvalue weighted by Gasteiger charge is -2.30. The molecule has 1 aliphatic rings. The van der Waals surface area contributed by atoms with Gasteiger partial charge in [0.15, 0.2) is 0 Å². The van der Waals surface area contributed by atoms with E-state index < -0.39 is 0 Å². The van der Waals surface area contributed by atoms with Gasteiger partial charge >= 0.3 is 0 Å². The van der Waals surface area contributed by atoms with Gasteiger partial charge in [-0.05, 0) is 130 Å². The molecular formula is C73H61F2NO2. The Labute approximate surface area is 455 Å². The molecule has 2 heterocycles. The summed E-state index contributed by atoms with van der Waals surface area (Å²) in [6, 6.07) is 78.7. The first kappa shape index (κ1) is 51.1. The van der Waals surface area contributed by atoms with Crippen molar-refractivity contribution < 1.29 is 17.6 Å². The SMILES string of the molecule is CC(C)C.Cc1ccc(-c2ccccc2)cc1F.Cc1ccc2c(c1)C(C)(C)c1cc(N(c3ccc(-c4ccccc4)cc3F)c3cccc4oc5ccccc5c34)c3ccccc3c1-2.c1ccc2c(c1)oc1ccccc12. The molecule has 0 amide bonds. The van der Waals surface area contributed by atoms with Crippen molar-refractivity contribution in [1.29, 1.82) is 0 Å². The van der Waals surface area contributed by atoms with E-state index in [2.05, 4.69) is 119 Å². The Balaban J connectivity index is 0.000000167. The van der Waals surface area contributed by atoms with Gasteiger partial charge < -0.3 is 13.7 Å². The molecule has 13 aromatic rings. The van der Waals surface area contributed by atoms with Gasteiger partial charge in [0.2, 0.25) is 0 Å². The summed E-state index contributed by atoms with van der Waals surface area (Å²) in [5.41, 5.74) is 16.3. The van der Waals surface area contributed by atoms with E-state index in [9.17, 15) is 4.39 Å². The van der Waals surface area contributed by atoms with Crippen LogP contribution >= 0.6 is 0 Å². The van der Waals surface area contributed by atoms with Crippen molar-refractivity contribution in [3.63, 3.8) is 0 Å². The summed E-state index contributed by atoms with van der Waals surface area (Å²) in [6.07, 6.45) is 0. The van der Waals surface area contributed by atoms with Crippen LogP contribution in [0.25, 0.3) is 88.0 Å². The summed E-state index contributed by atoms with van der Waals surface area (Å²) in [5, 5.41) is 6.56. The maximum absolute atomic E-state index is 16.8. The van der Waals surface area contributed by atoms with Crippen molar-refractivity contribution in [2.24, 2.45) is 5.92 Å². The van der Waals surface area contributed by atoms with E-state index >= 15 is 4.39 Å². The lowest BCUT2D eigenvalue weighted by atomic mass is 9.81. The van der Waals surface area contributed by atoms with Crippen LogP contribution in [0.15, 0.2) is 245 Å². The van der Waals surface area contributed by atoms with Crippen LogP contribution in [-0.4, -0.2) is 0 Å². The molecule has 11 aromatic carbocycles. The van der Waals surface area contributed by atoms with Crippen LogP contribution in [0.3, 0.4) is 0 Å². The van der Waals surface area contributed by atoms with Gasteiger partial charge in [-0.25, -0.2) is 8.78 Å². The van der Waals surface area contributed by atoms with Crippen molar-refractivity contribution >= 4 is 71.7 Å². The number of para-hydroxylation sites is 3. The van der Waals surface area contributed by atoms with Gasteiger partial charge in [0, 0.05) is 27.0 Å². The average Bonchev–Trinajstić information content (AvgIpc) is 4.32. The molecule has 1 aliphatic carbocycles. The second kappa shape index (κ2) is 21.5. The molecule has 0 atom stereocenters. The van der Waals surface area contributed by atoms with E-state index in [1.807, 2.05) is 146 Å². The Morgan fingerprint density at radius 2 is 0.872 bits per heavy atom. The molecule has 0 radical (unpaired) electrons. The fraction of sp³-hybridized carbons (Fsp3) is 0.123. The zero-order valence-electron chi connectivity index (χ0n) is 45.1. The molecule has 3 nitrogen and oxygen atoms in total. The number of halogens is 2. The predicted octanol–water partition coefficient (Wildman–Crippen LogP) is 21.7. The van der Waals surface area contributed by atoms with Gasteiger partial charge in [0.25, 0.3) is 0 Å². The third-order valence-electron chi connectivity index (χ3n) is 14.5. The second-order valence-corrected chi connectivity index (χ2v) is 21.3. The zero-order chi connectivity index (χ0) is 54.1. The third-order valence-corrected chi connectivity index (χ3v) is 14.5. The van der Waals surface area contributed by atoms with E-state index in [0.29, 0.717) is 11.3 Å². The highest BCUT2D eigenvalue weighted by molar-refractivity contribution is 6.16. The van der Waals surface area contributed by atoms with Crippen LogP contribution in [0.5, 0.6) is 0 Å². The fourth-order valence-corrected chi connectivity index (χ4v) is 10.8. The van der Waals surface area contributed by atoms with Crippen molar-refractivity contribution in [3.05, 3.63) is 270 Å². The first-order valence-corrected chi connectivity index (χ1v) is 26.8. The Morgan fingerprint density at radius 1 is 0.385 bits per heavy atom. The zero-order valence-corrected chi connectivity index (χ0v) is 45.1. The minimum Gasteiger partial charge on any atom is -0.456 e. The van der Waals surface area contributed by atoms with E-state index in [4.69, 9.17) is 8.83 Å². The Morgan fingerprint density at radius 3 is 1.46 bits per heavy atom. The van der Waals surface area contributed by atoms with E-state index in [1.54, 1.807) is 25.1 Å². The largest absolute Gasteiger partial charge is 0.456 e. The quantitative estimate of drug-likeness (QED) is 0.172. The van der Waals surface area contributed by atoms with Crippen molar-refractivity contribution in [3.8, 4) is 33.4 Å². The molecule has 0 spiro atoms. The molecule has 78 heavy (non-hydrogen) atoms. The first-order valence-electron chi connectivity index (χ1n) is 26.8. The summed E-state index contributed by atoms with van der Waals surface area (Å²) in [5.74, 6) is 0.394. The molecular weight excluding hydrogens is 961 g/mol. The topological polar surface area (TPSA) is 29.5 Å². The number of benzene rings is 11. The van der Waals surface area contributed by atoms with Crippen molar-refractivity contribution in [1.82, 2.24) is 0 Å². The Hall–Kier alpha value is -9.06. The van der Waals surface area contributed by atoms with E-state index in [1.165, 1.54) is 38.6 Å². The van der Waals surface area contributed by atoms with E-state index in [0.717, 1.165) is 83.4 Å². The number of anilines is 3. The van der Waals surface area contributed by atoms with Crippen LogP contribution in [0, 0.1) is 31.4 Å². The molecule has 0 fully saturated rings. The summed E-state index contributed by atoms with van der Waals surface area (Å²) < 4.78 is 42.1. The molecule has 0 unspecified atom stereocenters. The van der Waals surface area contributed by atoms with Gasteiger partial charge in [-0.15, -0.1) is 0 Å². The highest BCUT2D eigenvalue weighted by Crippen LogP contribution is 2.55. The molecule has 0 aliphatic heterocycles. The average molecular weight is 1020 g/mol. The van der Waals surface area contributed by atoms with Crippen molar-refractivity contribution in [2.45, 2.75) is 53.9 Å². The molecule has 0 saturated heterocycles. The number of fused-ring (bicyclic) bond motifs is 11. The molecule has 0 N–H and O–H groups in total. The van der Waals surface area contributed by atoms with Crippen LogP contribution in [-0.2, 0) is 5.41 Å². The third kappa shape index (κ3) is 9.85. The second-order valence-electron chi connectivity index (χ2n) is 21.3. The van der Waals surface area contributed by atoms with Crippen LogP contribution in [0.4, 0.5) is 25.8 Å². The number of rotatable bonds is 5. The lowest BCUT2D eigenvalue weighted by Crippen LogP contribution is -2.17. The summed E-state index contributed by atoms with van der Waals surface area (Å²) in [4.78, 5) is 2.11. The Bertz CT molecular complexity index is 4230. The minimum atomic E-state index is -0.293. The maximum Gasteiger partial charge on any atom is 0.147 e. The molecule has 0 bridgehead atoms. The monoisotopic (exact) mass is 1020 g/mol. The summed E-state index contributed by atoms with van der Waals surface area (Å²) in [7, 11) is 0. The smallest absolute Gasteiger partial charge is 0.147 e. The minimum absolute atomic E-state index is 0.147. The van der Waals surface area contributed by atoms with Gasteiger partial charge in [0.1, 0.15) is 34.0 Å². The molecule has 384 valence electrons. The summed E-state index contributed by atoms with van der Waals surface area (Å²) >= 11 is 0. The number of nitrogens with zero attached hydrogens (tertiary/aromatic N) is 1. The van der Waals surface area contributed by atoms with Crippen LogP contribution < -0.4 is 4.90 Å². The summed E-state index contributed by atoms with van der Waals surface area (Å²) in [6.45, 7) is 15.0. The van der Waals surface area contributed by atoms with Gasteiger partial charge in [-0.3, -0.25) is 0 Å². The standard InChI is InChI=1S/C44H32FNO.C13H11F.C12H8O.C4H10/c1-27-20-22-32-34(24-27)44(2,3)35-26-39(30-14-7-8-15-31(30)42(32)35)46(37-23-21-29(25-36(37)45)28-12-5-4-6-13-28)38-17-11-19-41-43(38)33-16-9-10-18-40(33)47-41;1-10-7-8-12(9-13(10)14)11-5-3-2-4-6-11;1-3-7-11-9(5-1)10-6-2-4-8-12(10)13-11;1-4(2)3/h4-26H,1-3H3;2-9H,1H3;1-8H;4H,1-3H3. The number of aryl methyl sites for hydroxylation is 2. The van der Waals surface area contributed by atoms with Crippen LogP contribution in [0.1, 0.15) is 56.9 Å². The van der Waals surface area contributed by atoms with Gasteiger partial charge in [-0.1, -0.05) is 222 Å². The van der Waals surface area contributed by atoms with Crippen LogP contribution in [0.2, 0.25) is 0 Å². The molecule has 0 saturated carbocycles.